The molecule has 0 bridgehead atoms. The Bertz CT molecular complexity index is 378. The van der Waals surface area contributed by atoms with E-state index in [2.05, 4.69) is 20.3 Å². The summed E-state index contributed by atoms with van der Waals surface area (Å²) in [7, 11) is 0. The summed E-state index contributed by atoms with van der Waals surface area (Å²) in [6, 6.07) is 3.77. The van der Waals surface area contributed by atoms with Crippen LogP contribution in [0.5, 0.6) is 0 Å². The Morgan fingerprint density at radius 2 is 2.15 bits per heavy atom. The highest BCUT2D eigenvalue weighted by atomic mass is 15.4. The molecule has 0 N–H and O–H groups in total. The van der Waals surface area contributed by atoms with Crippen LogP contribution < -0.4 is 0 Å². The fourth-order valence-electron chi connectivity index (χ4n) is 0.841. The largest absolute Gasteiger partial charge is 0.264 e. The molecular weight excluding hydrogens is 166 g/mol. The molecule has 5 heteroatoms. The quantitative estimate of drug-likeness (QED) is 0.623. The van der Waals surface area contributed by atoms with Crippen LogP contribution >= 0.6 is 0 Å². The minimum atomic E-state index is 0.941. The van der Waals surface area contributed by atoms with Crippen molar-refractivity contribution >= 4 is 6.21 Å². The van der Waals surface area contributed by atoms with Gasteiger partial charge >= 0.3 is 0 Å². The Balaban J connectivity index is 2.15. The van der Waals surface area contributed by atoms with Crippen LogP contribution in [0.3, 0.4) is 0 Å². The van der Waals surface area contributed by atoms with E-state index in [1.165, 1.54) is 17.3 Å². The smallest absolute Gasteiger partial charge is 0.141 e. The third kappa shape index (κ3) is 1.96. The first-order valence-electron chi connectivity index (χ1n) is 3.74. The van der Waals surface area contributed by atoms with Crippen molar-refractivity contribution in [2.45, 2.75) is 0 Å². The molecule has 2 aromatic rings. The summed E-state index contributed by atoms with van der Waals surface area (Å²) < 4.78 is 1.52. The number of rotatable bonds is 2. The van der Waals surface area contributed by atoms with Gasteiger partial charge in [0.1, 0.15) is 12.7 Å². The van der Waals surface area contributed by atoms with Gasteiger partial charge in [-0.1, -0.05) is 6.07 Å². The second-order valence-corrected chi connectivity index (χ2v) is 2.37. The zero-order chi connectivity index (χ0) is 8.93. The number of nitrogens with zero attached hydrogens (tertiary/aromatic N) is 5. The summed E-state index contributed by atoms with van der Waals surface area (Å²) in [5, 5.41) is 11.3. The summed E-state index contributed by atoms with van der Waals surface area (Å²) >= 11 is 0. The molecule has 0 amide bonds. The molecule has 2 heterocycles. The highest BCUT2D eigenvalue weighted by Gasteiger charge is 1.85. The summed E-state index contributed by atoms with van der Waals surface area (Å²) in [6.45, 7) is 0. The maximum atomic E-state index is 4.06. The van der Waals surface area contributed by atoms with Crippen LogP contribution in [0.25, 0.3) is 0 Å². The van der Waals surface area contributed by atoms with Crippen LogP contribution in [0.1, 0.15) is 5.56 Å². The van der Waals surface area contributed by atoms with E-state index in [1.807, 2.05) is 12.1 Å². The molecule has 13 heavy (non-hydrogen) atoms. The van der Waals surface area contributed by atoms with Gasteiger partial charge in [0.05, 0.1) is 6.21 Å². The molecule has 0 atom stereocenters. The van der Waals surface area contributed by atoms with Crippen molar-refractivity contribution in [3.8, 4) is 0 Å². The molecule has 0 aliphatic rings. The van der Waals surface area contributed by atoms with E-state index < -0.39 is 0 Å². The summed E-state index contributed by atoms with van der Waals surface area (Å²) in [4.78, 5) is 3.95. The molecule has 0 saturated carbocycles. The lowest BCUT2D eigenvalue weighted by Gasteiger charge is -1.89. The maximum absolute atomic E-state index is 4.06. The van der Waals surface area contributed by atoms with E-state index in [1.54, 1.807) is 18.6 Å². The molecule has 0 fully saturated rings. The molecule has 0 radical (unpaired) electrons. The number of pyridine rings is 1. The molecule has 0 aromatic carbocycles. The van der Waals surface area contributed by atoms with Crippen molar-refractivity contribution in [1.29, 1.82) is 0 Å². The molecule has 0 saturated heterocycles. The van der Waals surface area contributed by atoms with Gasteiger partial charge in [-0.05, 0) is 6.07 Å². The standard InChI is InChI=1S/C8H7N5/c1-2-8(4-9-3-1)5-12-13-6-10-11-7-13/h1-7H. The second kappa shape index (κ2) is 3.57. The predicted octanol–water partition coefficient (Wildman–Crippen LogP) is 0.555. The molecule has 2 aromatic heterocycles. The van der Waals surface area contributed by atoms with Gasteiger partial charge in [-0.15, -0.1) is 10.2 Å². The van der Waals surface area contributed by atoms with Gasteiger partial charge in [-0.25, -0.2) is 4.68 Å². The fraction of sp³-hybridized carbons (Fsp3) is 0. The van der Waals surface area contributed by atoms with E-state index in [-0.39, 0.29) is 0 Å². The van der Waals surface area contributed by atoms with Crippen LogP contribution in [0.4, 0.5) is 0 Å². The Morgan fingerprint density at radius 3 is 2.85 bits per heavy atom. The highest BCUT2D eigenvalue weighted by molar-refractivity contribution is 5.78. The third-order valence-corrected chi connectivity index (χ3v) is 1.43. The fourth-order valence-corrected chi connectivity index (χ4v) is 0.841. The number of hydrogen-bond donors (Lipinski definition) is 0. The van der Waals surface area contributed by atoms with E-state index in [4.69, 9.17) is 0 Å². The van der Waals surface area contributed by atoms with E-state index in [9.17, 15) is 0 Å². The van der Waals surface area contributed by atoms with Gasteiger partial charge in [0, 0.05) is 18.0 Å². The minimum Gasteiger partial charge on any atom is -0.264 e. The van der Waals surface area contributed by atoms with Crippen molar-refractivity contribution in [3.05, 3.63) is 42.7 Å². The second-order valence-electron chi connectivity index (χ2n) is 2.37. The summed E-state index contributed by atoms with van der Waals surface area (Å²) in [6.07, 6.45) is 8.18. The molecule has 5 nitrogen and oxygen atoms in total. The monoisotopic (exact) mass is 173 g/mol. The van der Waals surface area contributed by atoms with Crippen LogP contribution in [0, 0.1) is 0 Å². The summed E-state index contributed by atoms with van der Waals surface area (Å²) in [5.74, 6) is 0. The normalized spacial score (nSPS) is 10.8. The van der Waals surface area contributed by atoms with Gasteiger partial charge in [0.2, 0.25) is 0 Å². The third-order valence-electron chi connectivity index (χ3n) is 1.43. The topological polar surface area (TPSA) is 56.0 Å². The molecule has 0 aliphatic carbocycles. The first-order valence-corrected chi connectivity index (χ1v) is 3.74. The van der Waals surface area contributed by atoms with Gasteiger partial charge < -0.3 is 0 Å². The Morgan fingerprint density at radius 1 is 1.31 bits per heavy atom. The van der Waals surface area contributed by atoms with Gasteiger partial charge in [0.15, 0.2) is 0 Å². The van der Waals surface area contributed by atoms with Crippen molar-refractivity contribution in [1.82, 2.24) is 19.9 Å². The predicted molar refractivity (Wildman–Crippen MR) is 47.3 cm³/mol. The lowest BCUT2D eigenvalue weighted by atomic mass is 10.3. The van der Waals surface area contributed by atoms with Crippen LogP contribution in [0.15, 0.2) is 42.3 Å². The van der Waals surface area contributed by atoms with Crippen LogP contribution in [-0.4, -0.2) is 26.1 Å². The molecule has 0 aliphatic heterocycles. The zero-order valence-corrected chi connectivity index (χ0v) is 6.78. The first kappa shape index (κ1) is 7.60. The molecular formula is C8H7N5. The Kier molecular flexibility index (Phi) is 2.09. The summed E-state index contributed by atoms with van der Waals surface area (Å²) in [5.41, 5.74) is 0.941. The van der Waals surface area contributed by atoms with Crippen LogP contribution in [-0.2, 0) is 0 Å². The average molecular weight is 173 g/mol. The minimum absolute atomic E-state index is 0.941. The molecule has 64 valence electrons. The van der Waals surface area contributed by atoms with E-state index in [0.29, 0.717) is 0 Å². The van der Waals surface area contributed by atoms with Gasteiger partial charge in [-0.2, -0.15) is 5.10 Å². The Labute approximate surface area is 74.8 Å². The molecule has 2 rings (SSSR count). The van der Waals surface area contributed by atoms with Gasteiger partial charge in [-0.3, -0.25) is 4.98 Å². The zero-order valence-electron chi connectivity index (χ0n) is 6.78. The van der Waals surface area contributed by atoms with Crippen LogP contribution in [0.2, 0.25) is 0 Å². The number of aromatic nitrogens is 4. The number of hydrogen-bond acceptors (Lipinski definition) is 4. The lowest BCUT2D eigenvalue weighted by molar-refractivity contribution is 0.878. The van der Waals surface area contributed by atoms with Crippen molar-refractivity contribution in [2.75, 3.05) is 0 Å². The van der Waals surface area contributed by atoms with Crippen molar-refractivity contribution in [2.24, 2.45) is 5.10 Å². The molecule has 0 spiro atoms. The average Bonchev–Trinajstić information content (AvgIpc) is 2.69. The Hall–Kier alpha value is -2.04. The first-order chi connectivity index (χ1) is 6.45. The molecule has 0 unspecified atom stereocenters. The lowest BCUT2D eigenvalue weighted by Crippen LogP contribution is -1.87. The van der Waals surface area contributed by atoms with Gasteiger partial charge in [0.25, 0.3) is 0 Å². The highest BCUT2D eigenvalue weighted by Crippen LogP contribution is 1.91. The van der Waals surface area contributed by atoms with Crippen molar-refractivity contribution in [3.63, 3.8) is 0 Å². The maximum Gasteiger partial charge on any atom is 0.141 e. The van der Waals surface area contributed by atoms with Crippen molar-refractivity contribution < 1.29 is 0 Å². The van der Waals surface area contributed by atoms with E-state index >= 15 is 0 Å². The SMILES string of the molecule is C(=Nn1cnnc1)c1cccnc1. The van der Waals surface area contributed by atoms with E-state index in [0.717, 1.165) is 5.56 Å².